The van der Waals surface area contributed by atoms with Crippen molar-refractivity contribution in [3.05, 3.63) is 47.3 Å². The van der Waals surface area contributed by atoms with Gasteiger partial charge in [-0.2, -0.15) is 0 Å². The van der Waals surface area contributed by atoms with Gasteiger partial charge in [-0.05, 0) is 19.4 Å². The minimum Gasteiger partial charge on any atom is -0.373 e. The Balaban J connectivity index is 2.11. The van der Waals surface area contributed by atoms with E-state index >= 15 is 0 Å². The maximum absolute atomic E-state index is 4.34. The number of benzene rings is 1. The quantitative estimate of drug-likeness (QED) is 0.674. The van der Waals surface area contributed by atoms with Gasteiger partial charge < -0.3 is 5.32 Å². The van der Waals surface area contributed by atoms with Gasteiger partial charge in [0.25, 0.3) is 0 Å². The molecule has 0 bridgehead atoms. The van der Waals surface area contributed by atoms with E-state index in [-0.39, 0.29) is 0 Å². The molecule has 18 heavy (non-hydrogen) atoms. The number of hydrogen-bond acceptors (Lipinski definition) is 4. The van der Waals surface area contributed by atoms with Crippen LogP contribution < -0.4 is 5.32 Å². The summed E-state index contributed by atoms with van der Waals surface area (Å²) >= 11 is 1.75. The fraction of sp³-hybridized carbons (Fsp3) is 0.286. The number of anilines is 1. The van der Waals surface area contributed by atoms with Gasteiger partial charge in [0.2, 0.25) is 0 Å². The Morgan fingerprint density at radius 3 is 2.78 bits per heavy atom. The number of hydrogen-bond donors (Lipinski definition) is 1. The second-order valence-electron chi connectivity index (χ2n) is 4.18. The monoisotopic (exact) mass is 259 g/mol. The van der Waals surface area contributed by atoms with Crippen molar-refractivity contribution in [2.75, 3.05) is 12.4 Å². The topological polar surface area (TPSA) is 37.8 Å². The highest BCUT2D eigenvalue weighted by atomic mass is 32.2. The van der Waals surface area contributed by atoms with Gasteiger partial charge in [-0.3, -0.25) is 0 Å². The molecule has 3 nitrogen and oxygen atoms in total. The molecule has 0 spiro atoms. The van der Waals surface area contributed by atoms with Crippen LogP contribution >= 0.6 is 11.8 Å². The van der Waals surface area contributed by atoms with Crippen molar-refractivity contribution in [2.24, 2.45) is 0 Å². The second-order valence-corrected chi connectivity index (χ2v) is 5.14. The lowest BCUT2D eigenvalue weighted by molar-refractivity contribution is 1.00. The van der Waals surface area contributed by atoms with Gasteiger partial charge in [0, 0.05) is 18.4 Å². The van der Waals surface area contributed by atoms with E-state index < -0.39 is 0 Å². The molecule has 0 saturated heterocycles. The first-order valence-electron chi connectivity index (χ1n) is 5.88. The molecule has 2 aromatic rings. The predicted molar refractivity (Wildman–Crippen MR) is 77.1 cm³/mol. The molecule has 0 unspecified atom stereocenters. The molecule has 1 aromatic carbocycles. The number of nitrogens with one attached hydrogen (secondary N) is 1. The molecule has 0 amide bonds. The average Bonchev–Trinajstić information content (AvgIpc) is 2.38. The summed E-state index contributed by atoms with van der Waals surface area (Å²) in [6.07, 6.45) is 1.61. The molecule has 4 heteroatoms. The lowest BCUT2D eigenvalue weighted by Crippen LogP contribution is -1.98. The number of aryl methyl sites for hydroxylation is 1. The molecule has 0 aliphatic rings. The van der Waals surface area contributed by atoms with Crippen molar-refractivity contribution in [3.8, 4) is 0 Å². The molecule has 0 atom stereocenters. The number of nitrogens with zero attached hydrogens (tertiary/aromatic N) is 2. The third-order valence-electron chi connectivity index (χ3n) is 2.73. The van der Waals surface area contributed by atoms with Crippen LogP contribution in [0.1, 0.15) is 16.7 Å². The van der Waals surface area contributed by atoms with Gasteiger partial charge in [0.1, 0.15) is 17.2 Å². The number of thioether (sulfide) groups is 1. The van der Waals surface area contributed by atoms with Crippen LogP contribution in [0.5, 0.6) is 0 Å². The van der Waals surface area contributed by atoms with Crippen LogP contribution in [0.2, 0.25) is 0 Å². The summed E-state index contributed by atoms with van der Waals surface area (Å²) in [5, 5.41) is 4.12. The molecule has 1 heterocycles. The Kier molecular flexibility index (Phi) is 4.20. The zero-order chi connectivity index (χ0) is 13.0. The largest absolute Gasteiger partial charge is 0.373 e. The first kappa shape index (κ1) is 12.9. The van der Waals surface area contributed by atoms with Crippen molar-refractivity contribution in [2.45, 2.75) is 24.6 Å². The van der Waals surface area contributed by atoms with Crippen LogP contribution in [0.25, 0.3) is 0 Å². The van der Waals surface area contributed by atoms with Gasteiger partial charge in [0.15, 0.2) is 0 Å². The van der Waals surface area contributed by atoms with Crippen LogP contribution in [0.4, 0.5) is 5.82 Å². The van der Waals surface area contributed by atoms with Crippen LogP contribution in [0.15, 0.2) is 35.6 Å². The van der Waals surface area contributed by atoms with Crippen LogP contribution in [-0.4, -0.2) is 17.0 Å². The van der Waals surface area contributed by atoms with Gasteiger partial charge in [-0.25, -0.2) is 9.97 Å². The first-order valence-corrected chi connectivity index (χ1v) is 6.87. The van der Waals surface area contributed by atoms with E-state index in [2.05, 4.69) is 46.5 Å². The normalized spacial score (nSPS) is 10.4. The van der Waals surface area contributed by atoms with Crippen molar-refractivity contribution < 1.29 is 0 Å². The molecule has 0 aliphatic carbocycles. The molecule has 0 radical (unpaired) electrons. The Bertz CT molecular complexity index is 540. The lowest BCUT2D eigenvalue weighted by atomic mass is 10.2. The molecular weight excluding hydrogens is 242 g/mol. The van der Waals surface area contributed by atoms with Gasteiger partial charge in [-0.1, -0.05) is 29.8 Å². The molecule has 0 saturated carbocycles. The van der Waals surface area contributed by atoms with Gasteiger partial charge >= 0.3 is 0 Å². The fourth-order valence-electron chi connectivity index (χ4n) is 1.79. The molecule has 0 fully saturated rings. The summed E-state index contributed by atoms with van der Waals surface area (Å²) in [4.78, 5) is 8.53. The zero-order valence-electron chi connectivity index (χ0n) is 10.9. The molecular formula is C14H17N3S. The van der Waals surface area contributed by atoms with Crippen molar-refractivity contribution in [3.63, 3.8) is 0 Å². The second kappa shape index (κ2) is 5.87. The summed E-state index contributed by atoms with van der Waals surface area (Å²) in [5.41, 5.74) is 3.73. The first-order chi connectivity index (χ1) is 8.70. The van der Waals surface area contributed by atoms with E-state index in [1.807, 2.05) is 14.0 Å². The van der Waals surface area contributed by atoms with Crippen molar-refractivity contribution in [1.29, 1.82) is 0 Å². The maximum Gasteiger partial charge on any atom is 0.133 e. The molecule has 94 valence electrons. The Morgan fingerprint density at radius 2 is 2.06 bits per heavy atom. The van der Waals surface area contributed by atoms with E-state index in [0.29, 0.717) is 0 Å². The van der Waals surface area contributed by atoms with Gasteiger partial charge in [0.05, 0.1) is 0 Å². The van der Waals surface area contributed by atoms with Crippen LogP contribution in [-0.2, 0) is 5.75 Å². The number of aromatic nitrogens is 2. The predicted octanol–water partition coefficient (Wildman–Crippen LogP) is 3.43. The van der Waals surface area contributed by atoms with Crippen molar-refractivity contribution in [1.82, 2.24) is 9.97 Å². The standard InChI is InChI=1S/C14H17N3S/c1-10-5-4-6-12(7-10)8-18-14-11(2)13(15-3)16-9-17-14/h4-7,9H,8H2,1-3H3,(H,15,16,17). The van der Waals surface area contributed by atoms with E-state index in [9.17, 15) is 0 Å². The smallest absolute Gasteiger partial charge is 0.133 e. The minimum absolute atomic E-state index is 0.900. The highest BCUT2D eigenvalue weighted by Crippen LogP contribution is 2.26. The third-order valence-corrected chi connectivity index (χ3v) is 3.90. The molecule has 0 aliphatic heterocycles. The van der Waals surface area contributed by atoms with E-state index in [1.54, 1.807) is 18.1 Å². The Labute approximate surface area is 112 Å². The summed E-state index contributed by atoms with van der Waals surface area (Å²) in [6.45, 7) is 4.16. The number of rotatable bonds is 4. The highest BCUT2D eigenvalue weighted by molar-refractivity contribution is 7.98. The summed E-state index contributed by atoms with van der Waals surface area (Å²) in [6, 6.07) is 8.57. The molecule has 1 aromatic heterocycles. The Hall–Kier alpha value is -1.55. The summed E-state index contributed by atoms with van der Waals surface area (Å²) in [7, 11) is 1.88. The van der Waals surface area contributed by atoms with Gasteiger partial charge in [-0.15, -0.1) is 11.8 Å². The summed E-state index contributed by atoms with van der Waals surface area (Å²) in [5.74, 6) is 1.83. The van der Waals surface area contributed by atoms with E-state index in [1.165, 1.54) is 11.1 Å². The average molecular weight is 259 g/mol. The van der Waals surface area contributed by atoms with Crippen LogP contribution in [0.3, 0.4) is 0 Å². The third kappa shape index (κ3) is 3.01. The maximum atomic E-state index is 4.34. The van der Waals surface area contributed by atoms with E-state index in [4.69, 9.17) is 0 Å². The molecule has 1 N–H and O–H groups in total. The van der Waals surface area contributed by atoms with Crippen LogP contribution in [0, 0.1) is 13.8 Å². The molecule has 2 rings (SSSR count). The minimum atomic E-state index is 0.900. The van der Waals surface area contributed by atoms with Crippen molar-refractivity contribution >= 4 is 17.6 Å². The summed E-state index contributed by atoms with van der Waals surface area (Å²) < 4.78 is 0. The Morgan fingerprint density at radius 1 is 1.22 bits per heavy atom. The SMILES string of the molecule is CNc1ncnc(SCc2cccc(C)c2)c1C. The van der Waals surface area contributed by atoms with E-state index in [0.717, 1.165) is 22.2 Å². The zero-order valence-corrected chi connectivity index (χ0v) is 11.7. The fourth-order valence-corrected chi connectivity index (χ4v) is 2.70. The lowest BCUT2D eigenvalue weighted by Gasteiger charge is -2.08. The highest BCUT2D eigenvalue weighted by Gasteiger charge is 2.06.